The molecule has 3 fully saturated rings. The van der Waals surface area contributed by atoms with Crippen molar-refractivity contribution in [2.75, 3.05) is 26.2 Å². The Balaban J connectivity index is 1.33. The van der Waals surface area contributed by atoms with Crippen molar-refractivity contribution in [3.05, 3.63) is 85.5 Å². The molecule has 1 spiro atoms. The lowest BCUT2D eigenvalue weighted by molar-refractivity contribution is -0.150. The van der Waals surface area contributed by atoms with Crippen LogP contribution >= 0.6 is 0 Å². The topological polar surface area (TPSA) is 121 Å². The lowest BCUT2D eigenvalue weighted by Gasteiger charge is -2.37. The summed E-state index contributed by atoms with van der Waals surface area (Å²) in [6.45, 7) is 9.03. The Morgan fingerprint density at radius 3 is 2.51 bits per heavy atom. The quantitative estimate of drug-likeness (QED) is 0.220. The number of fused-ring (bicyclic) bond motifs is 2. The van der Waals surface area contributed by atoms with Crippen LogP contribution in [0, 0.1) is 11.8 Å². The van der Waals surface area contributed by atoms with Gasteiger partial charge in [-0.15, -0.1) is 18.3 Å². The summed E-state index contributed by atoms with van der Waals surface area (Å²) < 4.78 is 8.34. The molecule has 2 aromatic carbocycles. The van der Waals surface area contributed by atoms with Gasteiger partial charge < -0.3 is 24.5 Å². The Morgan fingerprint density at radius 2 is 1.76 bits per heavy atom. The second-order valence-electron chi connectivity index (χ2n) is 12.1. The molecular weight excluding hydrogens is 572 g/mol. The van der Waals surface area contributed by atoms with E-state index in [-0.39, 0.29) is 44.1 Å². The fourth-order valence-electron chi connectivity index (χ4n) is 7.48. The van der Waals surface area contributed by atoms with Crippen molar-refractivity contribution in [1.82, 2.24) is 29.7 Å². The van der Waals surface area contributed by atoms with Crippen LogP contribution in [0.3, 0.4) is 0 Å². The normalized spacial score (nSPS) is 25.0. The third kappa shape index (κ3) is 5.44. The van der Waals surface area contributed by atoms with Gasteiger partial charge in [-0.25, -0.2) is 4.68 Å². The number of likely N-dealkylation sites (tertiary alicyclic amines) is 1. The van der Waals surface area contributed by atoms with E-state index in [1.54, 1.807) is 31.5 Å². The number of rotatable bonds is 14. The smallest absolute Gasteiger partial charge is 0.250 e. The van der Waals surface area contributed by atoms with E-state index in [1.807, 2.05) is 54.6 Å². The predicted molar refractivity (Wildman–Crippen MR) is 167 cm³/mol. The molecule has 0 radical (unpaired) electrons. The number of aliphatic hydroxyl groups excluding tert-OH is 1. The molecule has 236 valence electrons. The summed E-state index contributed by atoms with van der Waals surface area (Å²) >= 11 is 0. The number of aliphatic hydroxyl groups is 1. The molecule has 1 N–H and O–H groups in total. The summed E-state index contributed by atoms with van der Waals surface area (Å²) in [5.41, 5.74) is 1.34. The maximum Gasteiger partial charge on any atom is 0.250 e. The summed E-state index contributed by atoms with van der Waals surface area (Å²) in [7, 11) is 0. The van der Waals surface area contributed by atoms with E-state index in [4.69, 9.17) is 4.74 Å². The predicted octanol–water partition coefficient (Wildman–Crippen LogP) is 2.77. The zero-order chi connectivity index (χ0) is 31.6. The zero-order valence-electron chi connectivity index (χ0n) is 25.4. The highest BCUT2D eigenvalue weighted by molar-refractivity contribution is 5.99. The molecule has 4 heterocycles. The lowest BCUT2D eigenvalue weighted by Crippen LogP contribution is -2.56. The number of unbranched alkanes of at least 4 members (excludes halogenated alkanes) is 1. The highest BCUT2D eigenvalue weighted by atomic mass is 16.5. The standard InChI is InChI=1S/C34H40N6O5/c1-3-18-37(22-24-12-6-5-7-13-24)31(42)28-27-16-17-34(45-27)29(28)32(43)39(20-10-11-21-41)30(34)33(44)38(19-4-2)23-40-26-15-9-8-14-25(26)35-36-40/h3-9,12-15,27-30,41H,1-2,10-11,16-23H2/t27-,28+,29+,30?,34?/m1/s1. The van der Waals surface area contributed by atoms with Gasteiger partial charge in [0, 0.05) is 32.8 Å². The van der Waals surface area contributed by atoms with Crippen molar-refractivity contribution in [2.45, 2.75) is 56.6 Å². The van der Waals surface area contributed by atoms with Gasteiger partial charge in [-0.1, -0.05) is 59.8 Å². The van der Waals surface area contributed by atoms with E-state index in [1.165, 1.54) is 0 Å². The van der Waals surface area contributed by atoms with E-state index in [2.05, 4.69) is 23.5 Å². The molecule has 0 aliphatic carbocycles. The van der Waals surface area contributed by atoms with Crippen molar-refractivity contribution < 1.29 is 24.2 Å². The summed E-state index contributed by atoms with van der Waals surface area (Å²) in [5.74, 6) is -2.18. The van der Waals surface area contributed by atoms with Crippen molar-refractivity contribution >= 4 is 28.8 Å². The SMILES string of the molecule is C=CCN(Cn1nnc2ccccc21)C(=O)C1N(CCCCO)C(=O)[C@@H]2[C@@H](C(=O)N(CC=C)Cc3ccccc3)[C@H]3CCC12O3. The Morgan fingerprint density at radius 1 is 1.02 bits per heavy atom. The maximum absolute atomic E-state index is 14.7. The summed E-state index contributed by atoms with van der Waals surface area (Å²) in [6, 6.07) is 16.3. The molecule has 2 unspecified atom stereocenters. The number of hydrogen-bond donors (Lipinski definition) is 1. The molecule has 5 atom stereocenters. The molecule has 11 heteroatoms. The molecule has 3 saturated heterocycles. The minimum atomic E-state index is -1.13. The first kappa shape index (κ1) is 30.7. The fraction of sp³-hybridized carbons (Fsp3) is 0.441. The number of amides is 3. The van der Waals surface area contributed by atoms with E-state index in [0.29, 0.717) is 44.3 Å². The van der Waals surface area contributed by atoms with E-state index >= 15 is 0 Å². The van der Waals surface area contributed by atoms with Crippen LogP contribution in [0.1, 0.15) is 31.2 Å². The molecule has 3 amide bonds. The average Bonchev–Trinajstić information content (AvgIpc) is 3.80. The van der Waals surface area contributed by atoms with Gasteiger partial charge in [0.2, 0.25) is 17.7 Å². The zero-order valence-corrected chi connectivity index (χ0v) is 25.4. The number of ether oxygens (including phenoxy) is 1. The van der Waals surface area contributed by atoms with Gasteiger partial charge in [0.1, 0.15) is 23.8 Å². The Kier molecular flexibility index (Phi) is 8.82. The van der Waals surface area contributed by atoms with E-state index < -0.39 is 29.6 Å². The molecule has 2 bridgehead atoms. The van der Waals surface area contributed by atoms with Gasteiger partial charge in [0.25, 0.3) is 0 Å². The maximum atomic E-state index is 14.7. The summed E-state index contributed by atoms with van der Waals surface area (Å²) in [6.07, 6.45) is 4.96. The first-order valence-corrected chi connectivity index (χ1v) is 15.6. The Hall–Kier alpha value is -4.35. The highest BCUT2D eigenvalue weighted by Gasteiger charge is 2.74. The Labute approximate surface area is 262 Å². The summed E-state index contributed by atoms with van der Waals surface area (Å²) in [4.78, 5) is 48.3. The van der Waals surface area contributed by atoms with Crippen LogP contribution in [0.2, 0.25) is 0 Å². The van der Waals surface area contributed by atoms with Crippen LogP contribution < -0.4 is 0 Å². The third-order valence-corrected chi connectivity index (χ3v) is 9.39. The number of hydrogen-bond acceptors (Lipinski definition) is 7. The second-order valence-corrected chi connectivity index (χ2v) is 12.1. The van der Waals surface area contributed by atoms with E-state index in [9.17, 15) is 19.5 Å². The number of para-hydroxylation sites is 1. The van der Waals surface area contributed by atoms with Gasteiger partial charge in [0.05, 0.1) is 23.5 Å². The van der Waals surface area contributed by atoms with Crippen molar-refractivity contribution in [2.24, 2.45) is 11.8 Å². The van der Waals surface area contributed by atoms with Crippen molar-refractivity contribution in [1.29, 1.82) is 0 Å². The highest BCUT2D eigenvalue weighted by Crippen LogP contribution is 2.59. The first-order chi connectivity index (χ1) is 21.9. The molecule has 3 aromatic rings. The molecule has 3 aliphatic heterocycles. The Bertz CT molecular complexity index is 1580. The number of aromatic nitrogens is 3. The lowest BCUT2D eigenvalue weighted by atomic mass is 9.70. The molecule has 6 rings (SSSR count). The van der Waals surface area contributed by atoms with E-state index in [0.717, 1.165) is 11.1 Å². The molecular formula is C34H40N6O5. The first-order valence-electron chi connectivity index (χ1n) is 15.6. The molecule has 11 nitrogen and oxygen atoms in total. The largest absolute Gasteiger partial charge is 0.396 e. The van der Waals surface area contributed by atoms with Crippen LogP contribution in [0.15, 0.2) is 79.9 Å². The van der Waals surface area contributed by atoms with Crippen LogP contribution in [-0.4, -0.2) is 96.5 Å². The number of carbonyl (C=O) groups excluding carboxylic acids is 3. The van der Waals surface area contributed by atoms with Crippen LogP contribution in [-0.2, 0) is 32.3 Å². The monoisotopic (exact) mass is 612 g/mol. The van der Waals surface area contributed by atoms with Crippen LogP contribution in [0.25, 0.3) is 11.0 Å². The number of nitrogens with zero attached hydrogens (tertiary/aromatic N) is 6. The van der Waals surface area contributed by atoms with Crippen molar-refractivity contribution in [3.8, 4) is 0 Å². The van der Waals surface area contributed by atoms with Gasteiger partial charge in [-0.2, -0.15) is 0 Å². The molecule has 1 aromatic heterocycles. The number of benzene rings is 2. The molecule has 45 heavy (non-hydrogen) atoms. The molecule has 0 saturated carbocycles. The second kappa shape index (κ2) is 12.9. The van der Waals surface area contributed by atoms with Gasteiger partial charge >= 0.3 is 0 Å². The fourth-order valence-corrected chi connectivity index (χ4v) is 7.48. The van der Waals surface area contributed by atoms with Gasteiger partial charge in [0.15, 0.2) is 0 Å². The van der Waals surface area contributed by atoms with Gasteiger partial charge in [-0.05, 0) is 43.4 Å². The van der Waals surface area contributed by atoms with Crippen molar-refractivity contribution in [3.63, 3.8) is 0 Å². The van der Waals surface area contributed by atoms with Crippen LogP contribution in [0.4, 0.5) is 0 Å². The third-order valence-electron chi connectivity index (χ3n) is 9.39. The minimum Gasteiger partial charge on any atom is -0.396 e. The molecule has 3 aliphatic rings. The van der Waals surface area contributed by atoms with Gasteiger partial charge in [-0.3, -0.25) is 14.4 Å². The number of carbonyl (C=O) groups is 3. The van der Waals surface area contributed by atoms with Crippen LogP contribution in [0.5, 0.6) is 0 Å². The average molecular weight is 613 g/mol. The minimum absolute atomic E-state index is 0.0210. The summed E-state index contributed by atoms with van der Waals surface area (Å²) in [5, 5.41) is 18.0.